The summed E-state index contributed by atoms with van der Waals surface area (Å²) in [6, 6.07) is 5.30. The van der Waals surface area contributed by atoms with Gasteiger partial charge in [-0.15, -0.1) is 0 Å². The van der Waals surface area contributed by atoms with Gasteiger partial charge in [0.05, 0.1) is 6.54 Å². The third-order valence-electron chi connectivity index (χ3n) is 4.52. The zero-order valence-corrected chi connectivity index (χ0v) is 11.6. The van der Waals surface area contributed by atoms with Gasteiger partial charge in [0.15, 0.2) is 0 Å². The molecule has 0 bridgehead atoms. The van der Waals surface area contributed by atoms with Gasteiger partial charge < -0.3 is 11.1 Å². The number of carbonyl (C=O) groups is 2. The van der Waals surface area contributed by atoms with E-state index < -0.39 is 5.54 Å². The molecule has 5 nitrogen and oxygen atoms in total. The molecule has 2 fully saturated rings. The second-order valence-corrected chi connectivity index (χ2v) is 5.74. The molecule has 1 aliphatic heterocycles. The number of carbonyl (C=O) groups excluding carboxylic acids is 2. The maximum absolute atomic E-state index is 12.6. The van der Waals surface area contributed by atoms with Gasteiger partial charge in [0.2, 0.25) is 0 Å². The number of nitrogen functional groups attached to an aromatic ring is 1. The third kappa shape index (κ3) is 1.85. The Labute approximate surface area is 118 Å². The summed E-state index contributed by atoms with van der Waals surface area (Å²) in [5.41, 5.74) is 7.78. The van der Waals surface area contributed by atoms with E-state index >= 15 is 0 Å². The van der Waals surface area contributed by atoms with Crippen LogP contribution in [0.3, 0.4) is 0 Å². The standard InChI is InChI=1S/C15H19N3O2/c1-10-11(5-4-6-12(10)16)9-18-13(19)15(17-14(18)20)7-2-3-8-15/h4-6H,2-3,7-9,16H2,1H3,(H,17,20). The molecular weight excluding hydrogens is 254 g/mol. The first-order valence-electron chi connectivity index (χ1n) is 7.02. The van der Waals surface area contributed by atoms with Crippen LogP contribution in [-0.4, -0.2) is 22.4 Å². The molecule has 5 heteroatoms. The summed E-state index contributed by atoms with van der Waals surface area (Å²) in [5.74, 6) is -0.0816. The molecule has 3 N–H and O–H groups in total. The Bertz CT molecular complexity index is 576. The molecule has 0 unspecified atom stereocenters. The summed E-state index contributed by atoms with van der Waals surface area (Å²) in [7, 11) is 0. The van der Waals surface area contributed by atoms with E-state index in [2.05, 4.69) is 5.32 Å². The van der Waals surface area contributed by atoms with Crippen molar-refractivity contribution in [1.82, 2.24) is 10.2 Å². The topological polar surface area (TPSA) is 75.4 Å². The lowest BCUT2D eigenvalue weighted by atomic mass is 9.97. The van der Waals surface area contributed by atoms with Gasteiger partial charge in [-0.2, -0.15) is 0 Å². The number of nitrogens with zero attached hydrogens (tertiary/aromatic N) is 1. The van der Waals surface area contributed by atoms with Crippen molar-refractivity contribution in [2.45, 2.75) is 44.7 Å². The summed E-state index contributed by atoms with van der Waals surface area (Å²) in [6.45, 7) is 2.21. The van der Waals surface area contributed by atoms with Crippen molar-refractivity contribution >= 4 is 17.6 Å². The summed E-state index contributed by atoms with van der Waals surface area (Å²) < 4.78 is 0. The number of imide groups is 1. The molecule has 1 aromatic rings. The predicted octanol–water partition coefficient (Wildman–Crippen LogP) is 1.94. The number of amides is 3. The number of urea groups is 1. The Kier molecular flexibility index (Phi) is 2.92. The van der Waals surface area contributed by atoms with E-state index in [1.807, 2.05) is 25.1 Å². The second kappa shape index (κ2) is 4.51. The number of benzene rings is 1. The highest BCUT2D eigenvalue weighted by Gasteiger charge is 2.52. The van der Waals surface area contributed by atoms with Gasteiger partial charge in [0.25, 0.3) is 5.91 Å². The highest BCUT2D eigenvalue weighted by atomic mass is 16.2. The number of hydrogen-bond donors (Lipinski definition) is 2. The van der Waals surface area contributed by atoms with E-state index in [9.17, 15) is 9.59 Å². The van der Waals surface area contributed by atoms with Crippen LogP contribution >= 0.6 is 0 Å². The number of nitrogens with two attached hydrogens (primary N) is 1. The first-order valence-corrected chi connectivity index (χ1v) is 7.02. The fraction of sp³-hybridized carbons (Fsp3) is 0.467. The molecule has 3 amide bonds. The average molecular weight is 273 g/mol. The molecular formula is C15H19N3O2. The van der Waals surface area contributed by atoms with Gasteiger partial charge in [-0.1, -0.05) is 25.0 Å². The normalized spacial score (nSPS) is 20.8. The Morgan fingerprint density at radius 2 is 2.00 bits per heavy atom. The minimum Gasteiger partial charge on any atom is -0.399 e. The molecule has 20 heavy (non-hydrogen) atoms. The maximum Gasteiger partial charge on any atom is 0.325 e. The quantitative estimate of drug-likeness (QED) is 0.638. The van der Waals surface area contributed by atoms with Gasteiger partial charge in [0, 0.05) is 5.69 Å². The van der Waals surface area contributed by atoms with E-state index in [4.69, 9.17) is 5.73 Å². The minimum absolute atomic E-state index is 0.0816. The summed E-state index contributed by atoms with van der Waals surface area (Å²) in [4.78, 5) is 26.0. The SMILES string of the molecule is Cc1c(N)cccc1CN1C(=O)NC2(CCCC2)C1=O. The molecule has 1 saturated carbocycles. The van der Waals surface area contributed by atoms with E-state index in [1.165, 1.54) is 4.90 Å². The largest absolute Gasteiger partial charge is 0.399 e. The predicted molar refractivity (Wildman–Crippen MR) is 75.9 cm³/mol. The lowest BCUT2D eigenvalue weighted by Gasteiger charge is -2.20. The smallest absolute Gasteiger partial charge is 0.325 e. The number of nitrogens with one attached hydrogen (secondary N) is 1. The van der Waals surface area contributed by atoms with E-state index in [-0.39, 0.29) is 11.9 Å². The Hall–Kier alpha value is -2.04. The van der Waals surface area contributed by atoms with Crippen LogP contribution in [-0.2, 0) is 11.3 Å². The van der Waals surface area contributed by atoms with Crippen molar-refractivity contribution in [1.29, 1.82) is 0 Å². The van der Waals surface area contributed by atoms with Crippen LogP contribution in [0.25, 0.3) is 0 Å². The second-order valence-electron chi connectivity index (χ2n) is 5.74. The van der Waals surface area contributed by atoms with Crippen LogP contribution in [0.5, 0.6) is 0 Å². The van der Waals surface area contributed by atoms with E-state index in [0.717, 1.165) is 36.8 Å². The van der Waals surface area contributed by atoms with Crippen molar-refractivity contribution in [2.24, 2.45) is 0 Å². The molecule has 1 heterocycles. The van der Waals surface area contributed by atoms with Crippen molar-refractivity contribution in [3.63, 3.8) is 0 Å². The highest BCUT2D eigenvalue weighted by molar-refractivity contribution is 6.07. The number of hydrogen-bond acceptors (Lipinski definition) is 3. The maximum atomic E-state index is 12.6. The van der Waals surface area contributed by atoms with Gasteiger partial charge in [-0.05, 0) is 37.0 Å². The average Bonchev–Trinajstić information content (AvgIpc) is 2.96. The minimum atomic E-state index is -0.634. The Balaban J connectivity index is 1.86. The summed E-state index contributed by atoms with van der Waals surface area (Å²) >= 11 is 0. The van der Waals surface area contributed by atoms with Crippen LogP contribution in [0.2, 0.25) is 0 Å². The highest BCUT2D eigenvalue weighted by Crippen LogP contribution is 2.35. The monoisotopic (exact) mass is 273 g/mol. The van der Waals surface area contributed by atoms with Crippen molar-refractivity contribution < 1.29 is 9.59 Å². The number of rotatable bonds is 2. The first-order chi connectivity index (χ1) is 9.53. The fourth-order valence-corrected chi connectivity index (χ4v) is 3.18. The van der Waals surface area contributed by atoms with E-state index in [0.29, 0.717) is 12.2 Å². The van der Waals surface area contributed by atoms with Crippen LogP contribution in [0.1, 0.15) is 36.8 Å². The fourth-order valence-electron chi connectivity index (χ4n) is 3.18. The Morgan fingerprint density at radius 3 is 2.70 bits per heavy atom. The van der Waals surface area contributed by atoms with Gasteiger partial charge >= 0.3 is 6.03 Å². The summed E-state index contributed by atoms with van der Waals surface area (Å²) in [6.07, 6.45) is 3.50. The Morgan fingerprint density at radius 1 is 1.30 bits per heavy atom. The van der Waals surface area contributed by atoms with Crippen LogP contribution in [0.15, 0.2) is 18.2 Å². The molecule has 0 atom stereocenters. The van der Waals surface area contributed by atoms with Gasteiger partial charge in [0.1, 0.15) is 5.54 Å². The van der Waals surface area contributed by atoms with Gasteiger partial charge in [-0.3, -0.25) is 9.69 Å². The number of anilines is 1. The van der Waals surface area contributed by atoms with Crippen molar-refractivity contribution in [2.75, 3.05) is 5.73 Å². The lowest BCUT2D eigenvalue weighted by Crippen LogP contribution is -2.44. The molecule has 3 rings (SSSR count). The molecule has 1 saturated heterocycles. The lowest BCUT2D eigenvalue weighted by molar-refractivity contribution is -0.131. The van der Waals surface area contributed by atoms with Crippen LogP contribution in [0, 0.1) is 6.92 Å². The third-order valence-corrected chi connectivity index (χ3v) is 4.52. The van der Waals surface area contributed by atoms with Crippen molar-refractivity contribution in [3.8, 4) is 0 Å². The molecule has 106 valence electrons. The molecule has 0 aromatic heterocycles. The first kappa shape index (κ1) is 13.0. The molecule has 1 aliphatic carbocycles. The van der Waals surface area contributed by atoms with E-state index in [1.54, 1.807) is 0 Å². The van der Waals surface area contributed by atoms with Crippen molar-refractivity contribution in [3.05, 3.63) is 29.3 Å². The zero-order chi connectivity index (χ0) is 14.3. The summed E-state index contributed by atoms with van der Waals surface area (Å²) in [5, 5.41) is 2.89. The molecule has 2 aliphatic rings. The zero-order valence-electron chi connectivity index (χ0n) is 11.6. The van der Waals surface area contributed by atoms with Crippen LogP contribution in [0.4, 0.5) is 10.5 Å². The van der Waals surface area contributed by atoms with Gasteiger partial charge in [-0.25, -0.2) is 4.79 Å². The molecule has 0 radical (unpaired) electrons. The van der Waals surface area contributed by atoms with Crippen LogP contribution < -0.4 is 11.1 Å². The molecule has 1 aromatic carbocycles. The molecule has 1 spiro atoms.